The molecule has 17 heavy (non-hydrogen) atoms. The van der Waals surface area contributed by atoms with E-state index in [2.05, 4.69) is 5.16 Å². The van der Waals surface area contributed by atoms with Crippen LogP contribution in [-0.2, 0) is 24.1 Å². The number of amides is 1. The third kappa shape index (κ3) is 3.30. The summed E-state index contributed by atoms with van der Waals surface area (Å²) in [6.45, 7) is 4.30. The fourth-order valence-corrected chi connectivity index (χ4v) is 1.70. The summed E-state index contributed by atoms with van der Waals surface area (Å²) in [5.41, 5.74) is 1.76. The van der Waals surface area contributed by atoms with Gasteiger partial charge in [-0.15, -0.1) is 0 Å². The standard InChI is InChI=1S/C12H20N2O3/c1-4-10-9(11(5-2)17-13-10)8-12(16)14(3)6-7-15/h15H,4-8H2,1-3H3. The fourth-order valence-electron chi connectivity index (χ4n) is 1.70. The van der Waals surface area contributed by atoms with Crippen LogP contribution < -0.4 is 0 Å². The van der Waals surface area contributed by atoms with Crippen molar-refractivity contribution < 1.29 is 14.4 Å². The SMILES string of the molecule is CCc1noc(CC)c1CC(=O)N(C)CCO. The minimum Gasteiger partial charge on any atom is -0.395 e. The van der Waals surface area contributed by atoms with E-state index in [9.17, 15) is 4.79 Å². The molecule has 0 radical (unpaired) electrons. The molecule has 5 heteroatoms. The molecule has 1 aromatic heterocycles. The van der Waals surface area contributed by atoms with E-state index in [1.807, 2.05) is 13.8 Å². The maximum Gasteiger partial charge on any atom is 0.227 e. The largest absolute Gasteiger partial charge is 0.395 e. The van der Waals surface area contributed by atoms with E-state index < -0.39 is 0 Å². The van der Waals surface area contributed by atoms with Gasteiger partial charge in [0.1, 0.15) is 5.76 Å². The van der Waals surface area contributed by atoms with E-state index in [1.54, 1.807) is 7.05 Å². The number of nitrogens with zero attached hydrogens (tertiary/aromatic N) is 2. The topological polar surface area (TPSA) is 66.6 Å². The van der Waals surface area contributed by atoms with Crippen molar-refractivity contribution in [2.75, 3.05) is 20.2 Å². The first-order valence-electron chi connectivity index (χ1n) is 5.95. The number of carbonyl (C=O) groups excluding carboxylic acids is 1. The van der Waals surface area contributed by atoms with Crippen LogP contribution in [0.5, 0.6) is 0 Å². The molecule has 0 unspecified atom stereocenters. The Labute approximate surface area is 101 Å². The van der Waals surface area contributed by atoms with Crippen molar-refractivity contribution in [2.24, 2.45) is 0 Å². The lowest BCUT2D eigenvalue weighted by molar-refractivity contribution is -0.129. The van der Waals surface area contributed by atoms with E-state index in [-0.39, 0.29) is 12.5 Å². The molecule has 1 amide bonds. The van der Waals surface area contributed by atoms with Crippen molar-refractivity contribution in [1.29, 1.82) is 0 Å². The Morgan fingerprint density at radius 2 is 2.12 bits per heavy atom. The van der Waals surface area contributed by atoms with Crippen LogP contribution in [0.1, 0.15) is 30.9 Å². The van der Waals surface area contributed by atoms with Gasteiger partial charge in [-0.3, -0.25) is 4.79 Å². The number of aryl methyl sites for hydroxylation is 2. The number of likely N-dealkylation sites (N-methyl/N-ethyl adjacent to an activating group) is 1. The maximum absolute atomic E-state index is 11.9. The quantitative estimate of drug-likeness (QED) is 0.798. The molecule has 0 bridgehead atoms. The molecule has 1 heterocycles. The first kappa shape index (κ1) is 13.7. The molecular formula is C12H20N2O3. The summed E-state index contributed by atoms with van der Waals surface area (Å²) in [7, 11) is 1.68. The highest BCUT2D eigenvalue weighted by molar-refractivity contribution is 5.79. The summed E-state index contributed by atoms with van der Waals surface area (Å²) >= 11 is 0. The number of aromatic nitrogens is 1. The van der Waals surface area contributed by atoms with Crippen molar-refractivity contribution in [3.63, 3.8) is 0 Å². The summed E-state index contributed by atoms with van der Waals surface area (Å²) in [5.74, 6) is 0.763. The van der Waals surface area contributed by atoms with Crippen LogP contribution in [0.4, 0.5) is 0 Å². The van der Waals surface area contributed by atoms with Gasteiger partial charge in [-0.05, 0) is 6.42 Å². The van der Waals surface area contributed by atoms with Gasteiger partial charge in [-0.2, -0.15) is 0 Å². The molecule has 1 aromatic rings. The summed E-state index contributed by atoms with van der Waals surface area (Å²) in [5, 5.41) is 12.8. The maximum atomic E-state index is 11.9. The summed E-state index contributed by atoms with van der Waals surface area (Å²) in [6.07, 6.45) is 1.79. The second kappa shape index (κ2) is 6.39. The molecule has 0 aliphatic carbocycles. The minimum atomic E-state index is -0.0216. The third-order valence-electron chi connectivity index (χ3n) is 2.80. The predicted molar refractivity (Wildman–Crippen MR) is 63.7 cm³/mol. The second-order valence-electron chi connectivity index (χ2n) is 3.95. The van der Waals surface area contributed by atoms with Crippen LogP contribution in [0.25, 0.3) is 0 Å². The third-order valence-corrected chi connectivity index (χ3v) is 2.80. The number of hydrogen-bond acceptors (Lipinski definition) is 4. The van der Waals surface area contributed by atoms with Gasteiger partial charge in [-0.25, -0.2) is 0 Å². The van der Waals surface area contributed by atoms with Gasteiger partial charge in [0.05, 0.1) is 18.7 Å². The van der Waals surface area contributed by atoms with Crippen molar-refractivity contribution in [3.05, 3.63) is 17.0 Å². The predicted octanol–water partition coefficient (Wildman–Crippen LogP) is 0.793. The molecule has 1 N–H and O–H groups in total. The van der Waals surface area contributed by atoms with Gasteiger partial charge < -0.3 is 14.5 Å². The number of carbonyl (C=O) groups is 1. The van der Waals surface area contributed by atoms with E-state index in [1.165, 1.54) is 4.90 Å². The zero-order chi connectivity index (χ0) is 12.8. The zero-order valence-corrected chi connectivity index (χ0v) is 10.7. The Kier molecular flexibility index (Phi) is 5.15. The molecule has 1 rings (SSSR count). The van der Waals surface area contributed by atoms with Gasteiger partial charge in [0.2, 0.25) is 5.91 Å². The normalized spacial score (nSPS) is 10.6. The molecule has 96 valence electrons. The van der Waals surface area contributed by atoms with Crippen LogP contribution in [0.15, 0.2) is 4.52 Å². The summed E-state index contributed by atoms with van der Waals surface area (Å²) < 4.78 is 5.21. The Balaban J connectivity index is 2.79. The van der Waals surface area contributed by atoms with Gasteiger partial charge in [0.15, 0.2) is 0 Å². The van der Waals surface area contributed by atoms with E-state index in [0.29, 0.717) is 13.0 Å². The number of hydrogen-bond donors (Lipinski definition) is 1. The monoisotopic (exact) mass is 240 g/mol. The molecule has 0 atom stereocenters. The molecule has 0 aromatic carbocycles. The van der Waals surface area contributed by atoms with Gasteiger partial charge in [0, 0.05) is 25.6 Å². The van der Waals surface area contributed by atoms with Crippen molar-refractivity contribution in [2.45, 2.75) is 33.1 Å². The first-order valence-corrected chi connectivity index (χ1v) is 5.95. The first-order chi connectivity index (χ1) is 8.13. The Hall–Kier alpha value is -1.36. The van der Waals surface area contributed by atoms with E-state index >= 15 is 0 Å². The molecule has 0 fully saturated rings. The van der Waals surface area contributed by atoms with Gasteiger partial charge >= 0.3 is 0 Å². The summed E-state index contributed by atoms with van der Waals surface area (Å²) in [6, 6.07) is 0. The lowest BCUT2D eigenvalue weighted by Crippen LogP contribution is -2.31. The van der Waals surface area contributed by atoms with Crippen LogP contribution in [0.3, 0.4) is 0 Å². The number of rotatable bonds is 6. The lowest BCUT2D eigenvalue weighted by atomic mass is 10.1. The van der Waals surface area contributed by atoms with Crippen molar-refractivity contribution >= 4 is 5.91 Å². The van der Waals surface area contributed by atoms with Crippen LogP contribution in [0.2, 0.25) is 0 Å². The molecule has 0 aliphatic heterocycles. The highest BCUT2D eigenvalue weighted by Crippen LogP contribution is 2.17. The zero-order valence-electron chi connectivity index (χ0n) is 10.7. The van der Waals surface area contributed by atoms with Gasteiger partial charge in [-0.1, -0.05) is 19.0 Å². The second-order valence-corrected chi connectivity index (χ2v) is 3.95. The molecule has 5 nitrogen and oxygen atoms in total. The van der Waals surface area contributed by atoms with Crippen molar-refractivity contribution in [3.8, 4) is 0 Å². The minimum absolute atomic E-state index is 0.0207. The Bertz CT molecular complexity index is 352. The molecule has 0 saturated heterocycles. The molecular weight excluding hydrogens is 220 g/mol. The van der Waals surface area contributed by atoms with Crippen LogP contribution in [0, 0.1) is 0 Å². The van der Waals surface area contributed by atoms with E-state index in [4.69, 9.17) is 9.63 Å². The summed E-state index contributed by atoms with van der Waals surface area (Å²) in [4.78, 5) is 13.4. The highest BCUT2D eigenvalue weighted by atomic mass is 16.5. The number of aliphatic hydroxyl groups is 1. The van der Waals surface area contributed by atoms with E-state index in [0.717, 1.165) is 29.9 Å². The molecule has 0 spiro atoms. The van der Waals surface area contributed by atoms with Gasteiger partial charge in [0.25, 0.3) is 0 Å². The fraction of sp³-hybridized carbons (Fsp3) is 0.667. The lowest BCUT2D eigenvalue weighted by Gasteiger charge is -2.15. The molecule has 0 saturated carbocycles. The highest BCUT2D eigenvalue weighted by Gasteiger charge is 2.18. The molecule has 0 aliphatic rings. The average molecular weight is 240 g/mol. The van der Waals surface area contributed by atoms with Crippen LogP contribution in [-0.4, -0.2) is 41.3 Å². The van der Waals surface area contributed by atoms with Crippen LogP contribution >= 0.6 is 0 Å². The number of aliphatic hydroxyl groups excluding tert-OH is 1. The van der Waals surface area contributed by atoms with Crippen molar-refractivity contribution in [1.82, 2.24) is 10.1 Å². The average Bonchev–Trinajstić information content (AvgIpc) is 2.71. The smallest absolute Gasteiger partial charge is 0.227 e. The Morgan fingerprint density at radius 3 is 2.65 bits per heavy atom. The Morgan fingerprint density at radius 1 is 1.41 bits per heavy atom.